The second-order valence-corrected chi connectivity index (χ2v) is 7.79. The summed E-state index contributed by atoms with van der Waals surface area (Å²) in [5.41, 5.74) is 1.77. The molecule has 27 heavy (non-hydrogen) atoms. The molecule has 0 bridgehead atoms. The molecule has 2 aromatic carbocycles. The summed E-state index contributed by atoms with van der Waals surface area (Å²) in [6, 6.07) is 10.1. The van der Waals surface area contributed by atoms with Gasteiger partial charge in [0, 0.05) is 0 Å². The van der Waals surface area contributed by atoms with Gasteiger partial charge in [-0.3, -0.25) is 4.79 Å². The van der Waals surface area contributed by atoms with Crippen molar-refractivity contribution in [3.05, 3.63) is 64.7 Å². The molecule has 8 heteroatoms. The van der Waals surface area contributed by atoms with Gasteiger partial charge in [-0.2, -0.15) is 4.72 Å². The third kappa shape index (κ3) is 4.93. The molecule has 0 fully saturated rings. The van der Waals surface area contributed by atoms with Crippen molar-refractivity contribution in [3.8, 4) is 0 Å². The molecule has 2 rings (SSSR count). The third-order valence-corrected chi connectivity index (χ3v) is 5.81. The van der Waals surface area contributed by atoms with Gasteiger partial charge in [0.1, 0.15) is 6.04 Å². The van der Waals surface area contributed by atoms with E-state index in [1.54, 1.807) is 44.2 Å². The van der Waals surface area contributed by atoms with Crippen molar-refractivity contribution in [1.29, 1.82) is 0 Å². The topological polar surface area (TPSA) is 110 Å². The number of sulfonamides is 1. The normalized spacial score (nSPS) is 12.4. The van der Waals surface area contributed by atoms with Gasteiger partial charge in [0.25, 0.3) is 0 Å². The molecule has 0 aromatic heterocycles. The van der Waals surface area contributed by atoms with Crippen molar-refractivity contribution >= 4 is 22.0 Å². The molecule has 0 heterocycles. The van der Waals surface area contributed by atoms with Gasteiger partial charge >= 0.3 is 11.9 Å². The highest BCUT2D eigenvalue weighted by Crippen LogP contribution is 2.22. The number of benzene rings is 2. The van der Waals surface area contributed by atoms with E-state index in [0.717, 1.165) is 0 Å². The first-order valence-corrected chi connectivity index (χ1v) is 9.62. The molecule has 1 atom stereocenters. The van der Waals surface area contributed by atoms with E-state index in [2.05, 4.69) is 9.46 Å². The Balaban J connectivity index is 2.40. The summed E-state index contributed by atoms with van der Waals surface area (Å²) in [7, 11) is -2.98. The number of esters is 1. The molecule has 0 saturated carbocycles. The SMILES string of the molecule is COC(=O)c1cc(C)c(C)c(S(=O)(=O)N[C@H](Cc2ccccc2)C(=O)O)c1. The van der Waals surface area contributed by atoms with E-state index in [-0.39, 0.29) is 16.9 Å². The van der Waals surface area contributed by atoms with Crippen LogP contribution in [0.5, 0.6) is 0 Å². The van der Waals surface area contributed by atoms with E-state index in [1.165, 1.54) is 19.2 Å². The van der Waals surface area contributed by atoms with E-state index in [0.29, 0.717) is 16.7 Å². The van der Waals surface area contributed by atoms with Crippen molar-refractivity contribution in [2.75, 3.05) is 7.11 Å². The van der Waals surface area contributed by atoms with Gasteiger partial charge in [-0.15, -0.1) is 0 Å². The van der Waals surface area contributed by atoms with E-state index in [4.69, 9.17) is 0 Å². The average molecular weight is 391 g/mol. The Bertz CT molecular complexity index is 954. The number of hydrogen-bond donors (Lipinski definition) is 2. The number of carbonyl (C=O) groups excluding carboxylic acids is 1. The van der Waals surface area contributed by atoms with Crippen LogP contribution < -0.4 is 4.72 Å². The van der Waals surface area contributed by atoms with Gasteiger partial charge < -0.3 is 9.84 Å². The Labute approximate surface area is 158 Å². The van der Waals surface area contributed by atoms with Crippen LogP contribution in [0.2, 0.25) is 0 Å². The molecule has 2 N–H and O–H groups in total. The van der Waals surface area contributed by atoms with Crippen molar-refractivity contribution in [2.24, 2.45) is 0 Å². The van der Waals surface area contributed by atoms with Crippen molar-refractivity contribution < 1.29 is 27.9 Å². The smallest absolute Gasteiger partial charge is 0.337 e. The first kappa shape index (κ1) is 20.6. The predicted octanol–water partition coefficient (Wildman–Crippen LogP) is 2.06. The molecule has 0 spiro atoms. The second kappa shape index (κ2) is 8.32. The lowest BCUT2D eigenvalue weighted by Gasteiger charge is -2.17. The number of ether oxygens (including phenoxy) is 1. The standard InChI is InChI=1S/C19H21NO6S/c1-12-9-15(19(23)26-3)11-17(13(12)2)27(24,25)20-16(18(21)22)10-14-7-5-4-6-8-14/h4-9,11,16,20H,10H2,1-3H3,(H,21,22)/t16-/m1/s1. The summed E-state index contributed by atoms with van der Waals surface area (Å²) in [5, 5.41) is 9.45. The molecule has 7 nitrogen and oxygen atoms in total. The molecule has 144 valence electrons. The first-order valence-electron chi connectivity index (χ1n) is 8.14. The Morgan fingerprint density at radius 2 is 1.78 bits per heavy atom. The highest BCUT2D eigenvalue weighted by molar-refractivity contribution is 7.89. The van der Waals surface area contributed by atoms with Gasteiger partial charge in [-0.1, -0.05) is 30.3 Å². The fraction of sp³-hybridized carbons (Fsp3) is 0.263. The predicted molar refractivity (Wildman–Crippen MR) is 99.1 cm³/mol. The molecule has 0 amide bonds. The number of carbonyl (C=O) groups is 2. The summed E-state index contributed by atoms with van der Waals surface area (Å²) < 4.78 is 32.6. The van der Waals surface area contributed by atoms with Gasteiger partial charge in [-0.25, -0.2) is 13.2 Å². The molecule has 0 unspecified atom stereocenters. The van der Waals surface area contributed by atoms with E-state index in [9.17, 15) is 23.1 Å². The summed E-state index contributed by atoms with van der Waals surface area (Å²) in [4.78, 5) is 23.2. The Kier molecular flexibility index (Phi) is 6.35. The minimum atomic E-state index is -4.18. The largest absolute Gasteiger partial charge is 0.480 e. The molecule has 0 saturated heterocycles. The van der Waals surface area contributed by atoms with Gasteiger partial charge in [0.2, 0.25) is 10.0 Å². The molecule has 0 radical (unpaired) electrons. The molecule has 2 aromatic rings. The molecular weight excluding hydrogens is 370 g/mol. The van der Waals surface area contributed by atoms with Crippen molar-refractivity contribution in [3.63, 3.8) is 0 Å². The molecule has 0 aliphatic rings. The zero-order chi connectivity index (χ0) is 20.2. The fourth-order valence-corrected chi connectivity index (χ4v) is 4.15. The quantitative estimate of drug-likeness (QED) is 0.699. The maximum absolute atomic E-state index is 12.8. The van der Waals surface area contributed by atoms with Crippen LogP contribution in [0.15, 0.2) is 47.4 Å². The Morgan fingerprint density at radius 1 is 1.15 bits per heavy atom. The number of nitrogens with one attached hydrogen (secondary N) is 1. The maximum Gasteiger partial charge on any atom is 0.337 e. The summed E-state index contributed by atoms with van der Waals surface area (Å²) in [5.74, 6) is -1.96. The number of hydrogen-bond acceptors (Lipinski definition) is 5. The minimum Gasteiger partial charge on any atom is -0.480 e. The first-order chi connectivity index (χ1) is 12.7. The monoisotopic (exact) mass is 391 g/mol. The number of aryl methyl sites for hydroxylation is 1. The lowest BCUT2D eigenvalue weighted by Crippen LogP contribution is -2.42. The van der Waals surface area contributed by atoms with Crippen LogP contribution >= 0.6 is 0 Å². The van der Waals surface area contributed by atoms with Crippen LogP contribution in [0.3, 0.4) is 0 Å². The summed E-state index contributed by atoms with van der Waals surface area (Å²) in [6.07, 6.45) is -0.00980. The average Bonchev–Trinajstić information content (AvgIpc) is 2.63. The minimum absolute atomic E-state index is 0.00980. The van der Waals surface area contributed by atoms with Gasteiger partial charge in [0.15, 0.2) is 0 Å². The third-order valence-electron chi connectivity index (χ3n) is 4.21. The van der Waals surface area contributed by atoms with Crippen LogP contribution in [-0.4, -0.2) is 38.6 Å². The van der Waals surface area contributed by atoms with E-state index >= 15 is 0 Å². The van der Waals surface area contributed by atoms with Crippen LogP contribution in [0.4, 0.5) is 0 Å². The number of carboxylic acid groups (broad SMARTS) is 1. The van der Waals surface area contributed by atoms with Crippen LogP contribution in [0.1, 0.15) is 27.0 Å². The number of rotatable bonds is 7. The van der Waals surface area contributed by atoms with Gasteiger partial charge in [0.05, 0.1) is 17.6 Å². The fourth-order valence-electron chi connectivity index (χ4n) is 2.62. The van der Waals surface area contributed by atoms with Crippen LogP contribution in [0, 0.1) is 13.8 Å². The van der Waals surface area contributed by atoms with Crippen molar-refractivity contribution in [2.45, 2.75) is 31.2 Å². The van der Waals surface area contributed by atoms with E-state index in [1.807, 2.05) is 0 Å². The van der Waals surface area contributed by atoms with Crippen molar-refractivity contribution in [1.82, 2.24) is 4.72 Å². The van der Waals surface area contributed by atoms with E-state index < -0.39 is 28.0 Å². The maximum atomic E-state index is 12.8. The number of aliphatic carboxylic acids is 1. The van der Waals surface area contributed by atoms with Crippen LogP contribution in [0.25, 0.3) is 0 Å². The lowest BCUT2D eigenvalue weighted by molar-refractivity contribution is -0.138. The Morgan fingerprint density at radius 3 is 2.33 bits per heavy atom. The zero-order valence-electron chi connectivity index (χ0n) is 15.2. The molecular formula is C19H21NO6S. The Hall–Kier alpha value is -2.71. The highest BCUT2D eigenvalue weighted by atomic mass is 32.2. The lowest BCUT2D eigenvalue weighted by atomic mass is 10.1. The number of methoxy groups -OCH3 is 1. The molecule has 0 aliphatic heterocycles. The van der Waals surface area contributed by atoms with Gasteiger partial charge in [-0.05, 0) is 49.1 Å². The van der Waals surface area contributed by atoms with Crippen LogP contribution in [-0.2, 0) is 26.0 Å². The summed E-state index contributed by atoms with van der Waals surface area (Å²) >= 11 is 0. The molecule has 0 aliphatic carbocycles. The number of carboxylic acids is 1. The zero-order valence-corrected chi connectivity index (χ0v) is 16.0. The second-order valence-electron chi connectivity index (χ2n) is 6.11. The highest BCUT2D eigenvalue weighted by Gasteiger charge is 2.28. The summed E-state index contributed by atoms with van der Waals surface area (Å²) in [6.45, 7) is 3.26.